The van der Waals surface area contributed by atoms with Crippen molar-refractivity contribution in [3.63, 3.8) is 0 Å². The van der Waals surface area contributed by atoms with Gasteiger partial charge >= 0.3 is 0 Å². The highest BCUT2D eigenvalue weighted by atomic mass is 16.5. The highest BCUT2D eigenvalue weighted by molar-refractivity contribution is 5.79. The maximum Gasteiger partial charge on any atom is 0.191 e. The Morgan fingerprint density at radius 2 is 2.14 bits per heavy atom. The molecule has 120 valence electrons. The largest absolute Gasteiger partial charge is 0.383 e. The number of guanidine groups is 1. The number of rotatable bonds is 9. The van der Waals surface area contributed by atoms with Crippen LogP contribution in [0.5, 0.6) is 0 Å². The molecule has 0 amide bonds. The molecular formula is C14H28N6O. The van der Waals surface area contributed by atoms with Crippen molar-refractivity contribution in [1.29, 1.82) is 0 Å². The number of hydrogen-bond acceptors (Lipinski definition) is 4. The molecule has 0 saturated carbocycles. The van der Waals surface area contributed by atoms with Crippen LogP contribution in [-0.4, -0.2) is 54.1 Å². The summed E-state index contributed by atoms with van der Waals surface area (Å²) in [5.74, 6) is 2.37. The molecular weight excluding hydrogens is 268 g/mol. The van der Waals surface area contributed by atoms with Crippen molar-refractivity contribution >= 4 is 5.96 Å². The van der Waals surface area contributed by atoms with Gasteiger partial charge in [-0.25, -0.2) is 0 Å². The molecule has 0 aliphatic heterocycles. The molecule has 7 heteroatoms. The van der Waals surface area contributed by atoms with Gasteiger partial charge in [0.25, 0.3) is 0 Å². The molecule has 0 aromatic carbocycles. The summed E-state index contributed by atoms with van der Waals surface area (Å²) in [6.45, 7) is 10.2. The molecule has 0 saturated heterocycles. The molecule has 0 aliphatic carbocycles. The van der Waals surface area contributed by atoms with Gasteiger partial charge in [-0.1, -0.05) is 20.8 Å². The molecule has 0 spiro atoms. The molecule has 1 rings (SSSR count). The smallest absolute Gasteiger partial charge is 0.191 e. The van der Waals surface area contributed by atoms with Crippen LogP contribution in [0.2, 0.25) is 0 Å². The molecule has 0 radical (unpaired) electrons. The van der Waals surface area contributed by atoms with E-state index in [9.17, 15) is 0 Å². The van der Waals surface area contributed by atoms with E-state index in [1.807, 2.05) is 0 Å². The van der Waals surface area contributed by atoms with Crippen molar-refractivity contribution < 1.29 is 4.74 Å². The molecule has 0 bridgehead atoms. The predicted octanol–water partition coefficient (Wildman–Crippen LogP) is 0.678. The first kappa shape index (κ1) is 17.4. The van der Waals surface area contributed by atoms with E-state index >= 15 is 0 Å². The Morgan fingerprint density at radius 3 is 2.81 bits per heavy atom. The Hall–Kier alpha value is -1.63. The fraction of sp³-hybridized carbons (Fsp3) is 0.786. The second-order valence-corrected chi connectivity index (χ2v) is 5.22. The van der Waals surface area contributed by atoms with E-state index in [4.69, 9.17) is 4.74 Å². The third kappa shape index (κ3) is 7.08. The molecule has 1 aromatic heterocycles. The summed E-state index contributed by atoms with van der Waals surface area (Å²) >= 11 is 0. The lowest BCUT2D eigenvalue weighted by atomic mass is 10.2. The summed E-state index contributed by atoms with van der Waals surface area (Å²) in [4.78, 5) is 4.55. The average molecular weight is 296 g/mol. The number of aryl methyl sites for hydroxylation is 1. The van der Waals surface area contributed by atoms with Crippen LogP contribution >= 0.6 is 0 Å². The maximum atomic E-state index is 5.05. The monoisotopic (exact) mass is 296 g/mol. The van der Waals surface area contributed by atoms with Crippen LogP contribution in [0, 0.1) is 5.92 Å². The van der Waals surface area contributed by atoms with Crippen LogP contribution in [0.15, 0.2) is 11.3 Å². The summed E-state index contributed by atoms with van der Waals surface area (Å²) in [6.07, 6.45) is 2.66. The molecule has 1 aromatic rings. The lowest BCUT2D eigenvalue weighted by molar-refractivity contribution is 0.203. The number of nitrogens with zero attached hydrogens (tertiary/aromatic N) is 4. The van der Waals surface area contributed by atoms with Gasteiger partial charge in [-0.3, -0.25) is 4.99 Å². The number of aliphatic imine (C=N–C) groups is 1. The van der Waals surface area contributed by atoms with E-state index in [0.717, 1.165) is 44.4 Å². The van der Waals surface area contributed by atoms with Crippen molar-refractivity contribution in [2.75, 3.05) is 33.4 Å². The molecule has 0 fully saturated rings. The lowest BCUT2D eigenvalue weighted by Crippen LogP contribution is -2.40. The van der Waals surface area contributed by atoms with Gasteiger partial charge in [0.05, 0.1) is 6.61 Å². The van der Waals surface area contributed by atoms with Crippen molar-refractivity contribution in [3.05, 3.63) is 12.2 Å². The van der Waals surface area contributed by atoms with Gasteiger partial charge in [0.2, 0.25) is 0 Å². The molecule has 0 unspecified atom stereocenters. The highest BCUT2D eigenvalue weighted by Crippen LogP contribution is 1.95. The van der Waals surface area contributed by atoms with Crippen molar-refractivity contribution in [3.8, 4) is 0 Å². The number of ether oxygens (including phenoxy) is 1. The van der Waals surface area contributed by atoms with Crippen LogP contribution in [-0.2, 0) is 17.7 Å². The van der Waals surface area contributed by atoms with E-state index in [0.29, 0.717) is 12.5 Å². The van der Waals surface area contributed by atoms with E-state index in [1.54, 1.807) is 13.4 Å². The van der Waals surface area contributed by atoms with E-state index in [-0.39, 0.29) is 0 Å². The molecule has 2 N–H and O–H groups in total. The van der Waals surface area contributed by atoms with E-state index < -0.39 is 0 Å². The van der Waals surface area contributed by atoms with Crippen LogP contribution in [0.4, 0.5) is 0 Å². The average Bonchev–Trinajstić information content (AvgIpc) is 2.91. The Balaban J connectivity index is 2.42. The van der Waals surface area contributed by atoms with E-state index in [2.05, 4.69) is 51.2 Å². The zero-order chi connectivity index (χ0) is 15.5. The fourth-order valence-corrected chi connectivity index (χ4v) is 1.75. The van der Waals surface area contributed by atoms with Crippen LogP contribution < -0.4 is 10.6 Å². The SMILES string of the molecule is CCc1nncn1CCNC(=NCC(C)C)NCCOC. The highest BCUT2D eigenvalue weighted by Gasteiger charge is 2.03. The van der Waals surface area contributed by atoms with Gasteiger partial charge in [0.1, 0.15) is 12.2 Å². The maximum absolute atomic E-state index is 5.05. The fourth-order valence-electron chi connectivity index (χ4n) is 1.75. The van der Waals surface area contributed by atoms with Crippen molar-refractivity contribution in [1.82, 2.24) is 25.4 Å². The van der Waals surface area contributed by atoms with Crippen molar-refractivity contribution in [2.45, 2.75) is 33.7 Å². The van der Waals surface area contributed by atoms with Gasteiger partial charge < -0.3 is 19.9 Å². The zero-order valence-electron chi connectivity index (χ0n) is 13.6. The minimum absolute atomic E-state index is 0.538. The van der Waals surface area contributed by atoms with Gasteiger partial charge in [-0.2, -0.15) is 0 Å². The quantitative estimate of drug-likeness (QED) is 0.398. The lowest BCUT2D eigenvalue weighted by Gasteiger charge is -2.13. The second-order valence-electron chi connectivity index (χ2n) is 5.22. The third-order valence-corrected chi connectivity index (χ3v) is 2.87. The summed E-state index contributed by atoms with van der Waals surface area (Å²) in [5.41, 5.74) is 0. The first-order chi connectivity index (χ1) is 10.2. The Kier molecular flexibility index (Phi) is 8.42. The third-order valence-electron chi connectivity index (χ3n) is 2.87. The normalized spacial score (nSPS) is 12.0. The van der Waals surface area contributed by atoms with Gasteiger partial charge in [-0.05, 0) is 5.92 Å². The summed E-state index contributed by atoms with van der Waals surface area (Å²) < 4.78 is 7.10. The summed E-state index contributed by atoms with van der Waals surface area (Å²) in [5, 5.41) is 14.6. The Bertz CT molecular complexity index is 415. The predicted molar refractivity (Wildman–Crippen MR) is 84.4 cm³/mol. The minimum Gasteiger partial charge on any atom is -0.383 e. The second kappa shape index (κ2) is 10.1. The first-order valence-electron chi connectivity index (χ1n) is 7.55. The zero-order valence-corrected chi connectivity index (χ0v) is 13.6. The number of nitrogens with one attached hydrogen (secondary N) is 2. The standard InChI is InChI=1S/C14H28N6O/c1-5-13-19-18-11-20(13)8-6-15-14(16-7-9-21-4)17-10-12(2)3/h11-12H,5-10H2,1-4H3,(H2,15,16,17). The minimum atomic E-state index is 0.538. The molecule has 7 nitrogen and oxygen atoms in total. The topological polar surface area (TPSA) is 76.4 Å². The number of aromatic nitrogens is 3. The van der Waals surface area contributed by atoms with Gasteiger partial charge in [-0.15, -0.1) is 10.2 Å². The molecule has 0 aliphatic rings. The Labute approximate surface area is 127 Å². The molecule has 0 atom stereocenters. The van der Waals surface area contributed by atoms with Crippen LogP contribution in [0.1, 0.15) is 26.6 Å². The van der Waals surface area contributed by atoms with Gasteiger partial charge in [0, 0.05) is 39.7 Å². The van der Waals surface area contributed by atoms with Gasteiger partial charge in [0.15, 0.2) is 5.96 Å². The number of hydrogen-bond donors (Lipinski definition) is 2. The number of methoxy groups -OCH3 is 1. The summed E-state index contributed by atoms with van der Waals surface area (Å²) in [7, 11) is 1.69. The molecule has 1 heterocycles. The Morgan fingerprint density at radius 1 is 1.38 bits per heavy atom. The van der Waals surface area contributed by atoms with Crippen molar-refractivity contribution in [2.24, 2.45) is 10.9 Å². The van der Waals surface area contributed by atoms with E-state index in [1.165, 1.54) is 0 Å². The first-order valence-corrected chi connectivity index (χ1v) is 7.55. The summed E-state index contributed by atoms with van der Waals surface area (Å²) in [6, 6.07) is 0. The van der Waals surface area contributed by atoms with Crippen LogP contribution in [0.25, 0.3) is 0 Å². The molecule has 21 heavy (non-hydrogen) atoms. The van der Waals surface area contributed by atoms with Crippen LogP contribution in [0.3, 0.4) is 0 Å².